The van der Waals surface area contributed by atoms with E-state index >= 15 is 0 Å². The molecule has 2 aromatic carbocycles. The average Bonchev–Trinajstić information content (AvgIpc) is 3.24. The number of anilines is 1. The number of halogens is 1. The van der Waals surface area contributed by atoms with E-state index in [9.17, 15) is 4.79 Å². The van der Waals surface area contributed by atoms with E-state index in [1.165, 1.54) is 0 Å². The summed E-state index contributed by atoms with van der Waals surface area (Å²) in [5.74, 6) is -0.223. The van der Waals surface area contributed by atoms with Gasteiger partial charge in [-0.2, -0.15) is 0 Å². The van der Waals surface area contributed by atoms with Crippen LogP contribution < -0.4 is 5.32 Å². The summed E-state index contributed by atoms with van der Waals surface area (Å²) in [6.07, 6.45) is 5.15. The highest BCUT2D eigenvalue weighted by Gasteiger charge is 2.15. The number of amides is 1. The fraction of sp³-hybridized carbons (Fsp3) is 0. The molecule has 5 rings (SSSR count). The van der Waals surface area contributed by atoms with Gasteiger partial charge in [0.15, 0.2) is 0 Å². The zero-order valence-corrected chi connectivity index (χ0v) is 17.7. The number of thiophene rings is 1. The second-order valence-electron chi connectivity index (χ2n) is 6.84. The van der Waals surface area contributed by atoms with Crippen LogP contribution in [-0.2, 0) is 0 Å². The molecule has 0 aliphatic carbocycles. The highest BCUT2D eigenvalue weighted by molar-refractivity contribution is 7.17. The third kappa shape index (κ3) is 3.91. The molecule has 7 heteroatoms. The van der Waals surface area contributed by atoms with Crippen LogP contribution in [0, 0.1) is 0 Å². The third-order valence-electron chi connectivity index (χ3n) is 4.82. The summed E-state index contributed by atoms with van der Waals surface area (Å²) < 4.78 is 0. The van der Waals surface area contributed by atoms with E-state index in [2.05, 4.69) is 25.6 Å². The van der Waals surface area contributed by atoms with Crippen LogP contribution in [0.2, 0.25) is 5.02 Å². The number of carbonyl (C=O) groups excluding carboxylic acids is 1. The molecule has 1 N–H and O–H groups in total. The first-order valence-electron chi connectivity index (χ1n) is 9.49. The lowest BCUT2D eigenvalue weighted by atomic mass is 10.0. The van der Waals surface area contributed by atoms with Crippen LogP contribution in [0.3, 0.4) is 0 Å². The normalized spacial score (nSPS) is 10.9. The van der Waals surface area contributed by atoms with Gasteiger partial charge in [0.05, 0.1) is 5.69 Å². The molecule has 0 radical (unpaired) electrons. The molecule has 1 amide bonds. The van der Waals surface area contributed by atoms with Crippen molar-refractivity contribution < 1.29 is 4.79 Å². The van der Waals surface area contributed by atoms with E-state index in [0.29, 0.717) is 16.3 Å². The fourth-order valence-electron chi connectivity index (χ4n) is 3.41. The Kier molecular flexibility index (Phi) is 5.16. The van der Waals surface area contributed by atoms with E-state index < -0.39 is 0 Å². The monoisotopic (exact) mass is 442 g/mol. The summed E-state index contributed by atoms with van der Waals surface area (Å²) in [5, 5.41) is 6.50. The Morgan fingerprint density at radius 3 is 2.68 bits per heavy atom. The van der Waals surface area contributed by atoms with Crippen molar-refractivity contribution in [2.45, 2.75) is 0 Å². The number of carbonyl (C=O) groups is 1. The maximum Gasteiger partial charge on any atom is 0.255 e. The number of fused-ring (bicyclic) bond motifs is 1. The number of aromatic nitrogens is 3. The van der Waals surface area contributed by atoms with Crippen molar-refractivity contribution in [1.29, 1.82) is 0 Å². The number of rotatable bonds is 4. The molecular formula is C24H15ClN4OS. The number of nitrogens with zero attached hydrogens (tertiary/aromatic N) is 3. The SMILES string of the molecule is O=C(Nc1cccc(-c2ncnc3scc(-c4cccnc4)c23)c1)c1cccc(Cl)c1. The minimum absolute atomic E-state index is 0.223. The molecule has 0 bridgehead atoms. The molecule has 0 unspecified atom stereocenters. The first-order chi connectivity index (χ1) is 15.2. The highest BCUT2D eigenvalue weighted by Crippen LogP contribution is 2.38. The molecule has 0 atom stereocenters. The molecule has 5 aromatic rings. The lowest BCUT2D eigenvalue weighted by Gasteiger charge is -2.09. The second kappa shape index (κ2) is 8.26. The van der Waals surface area contributed by atoms with Crippen molar-refractivity contribution in [2.75, 3.05) is 5.32 Å². The van der Waals surface area contributed by atoms with Gasteiger partial charge in [-0.05, 0) is 36.4 Å². The van der Waals surface area contributed by atoms with Gasteiger partial charge >= 0.3 is 0 Å². The Hall–Kier alpha value is -3.61. The summed E-state index contributed by atoms with van der Waals surface area (Å²) in [4.78, 5) is 26.8. The maximum atomic E-state index is 12.6. The van der Waals surface area contributed by atoms with Gasteiger partial charge in [0.25, 0.3) is 5.91 Å². The molecule has 0 spiro atoms. The van der Waals surface area contributed by atoms with Crippen LogP contribution in [-0.4, -0.2) is 20.9 Å². The number of nitrogens with one attached hydrogen (secondary N) is 1. The summed E-state index contributed by atoms with van der Waals surface area (Å²) in [6, 6.07) is 18.4. The summed E-state index contributed by atoms with van der Waals surface area (Å²) in [6.45, 7) is 0. The Morgan fingerprint density at radius 1 is 0.968 bits per heavy atom. The quantitative estimate of drug-likeness (QED) is 0.353. The molecule has 0 fully saturated rings. The van der Waals surface area contributed by atoms with Crippen molar-refractivity contribution in [1.82, 2.24) is 15.0 Å². The lowest BCUT2D eigenvalue weighted by molar-refractivity contribution is 0.102. The van der Waals surface area contributed by atoms with Gasteiger partial charge in [0, 0.05) is 56.1 Å². The average molecular weight is 443 g/mol. The van der Waals surface area contributed by atoms with Gasteiger partial charge in [0.2, 0.25) is 0 Å². The maximum absolute atomic E-state index is 12.6. The molecule has 3 aromatic heterocycles. The third-order valence-corrected chi connectivity index (χ3v) is 5.94. The van der Waals surface area contributed by atoms with Crippen LogP contribution in [0.5, 0.6) is 0 Å². The zero-order valence-electron chi connectivity index (χ0n) is 16.1. The van der Waals surface area contributed by atoms with Gasteiger partial charge in [-0.25, -0.2) is 9.97 Å². The summed E-state index contributed by atoms with van der Waals surface area (Å²) >= 11 is 7.58. The summed E-state index contributed by atoms with van der Waals surface area (Å²) in [7, 11) is 0. The number of pyridine rings is 1. The smallest absolute Gasteiger partial charge is 0.255 e. The molecule has 0 saturated carbocycles. The van der Waals surface area contributed by atoms with Crippen molar-refractivity contribution in [3.8, 4) is 22.4 Å². The molecule has 0 saturated heterocycles. The van der Waals surface area contributed by atoms with E-state index in [-0.39, 0.29) is 5.91 Å². The zero-order chi connectivity index (χ0) is 21.2. The minimum atomic E-state index is -0.223. The Bertz CT molecular complexity index is 1400. The fourth-order valence-corrected chi connectivity index (χ4v) is 4.51. The van der Waals surface area contributed by atoms with Crippen LogP contribution in [0.15, 0.2) is 84.8 Å². The van der Waals surface area contributed by atoms with Crippen LogP contribution >= 0.6 is 22.9 Å². The Morgan fingerprint density at radius 2 is 1.84 bits per heavy atom. The van der Waals surface area contributed by atoms with E-state index in [4.69, 9.17) is 11.6 Å². The van der Waals surface area contributed by atoms with Crippen molar-refractivity contribution in [2.24, 2.45) is 0 Å². The number of hydrogen-bond acceptors (Lipinski definition) is 5. The molecule has 150 valence electrons. The van der Waals surface area contributed by atoms with Crippen molar-refractivity contribution in [3.05, 3.63) is 95.4 Å². The predicted molar refractivity (Wildman–Crippen MR) is 125 cm³/mol. The van der Waals surface area contributed by atoms with Crippen LogP contribution in [0.4, 0.5) is 5.69 Å². The first kappa shape index (κ1) is 19.4. The Labute approximate surface area is 187 Å². The second-order valence-corrected chi connectivity index (χ2v) is 8.13. The highest BCUT2D eigenvalue weighted by atomic mass is 35.5. The van der Waals surface area contributed by atoms with Crippen molar-refractivity contribution in [3.63, 3.8) is 0 Å². The van der Waals surface area contributed by atoms with Gasteiger partial charge < -0.3 is 5.32 Å². The van der Waals surface area contributed by atoms with Crippen LogP contribution in [0.1, 0.15) is 10.4 Å². The molecule has 0 aliphatic heterocycles. The predicted octanol–water partition coefficient (Wildman–Crippen LogP) is 6.33. The van der Waals surface area contributed by atoms with Crippen molar-refractivity contribution >= 4 is 44.7 Å². The molecule has 0 aliphatic rings. The first-order valence-corrected chi connectivity index (χ1v) is 10.7. The Balaban J connectivity index is 1.54. The van der Waals surface area contributed by atoms with Gasteiger partial charge in [-0.15, -0.1) is 11.3 Å². The van der Waals surface area contributed by atoms with E-state index in [1.807, 2.05) is 42.6 Å². The van der Waals surface area contributed by atoms with Gasteiger partial charge in [-0.3, -0.25) is 9.78 Å². The molecular weight excluding hydrogens is 428 g/mol. The molecule has 3 heterocycles. The largest absolute Gasteiger partial charge is 0.322 e. The van der Waals surface area contributed by atoms with E-state index in [1.54, 1.807) is 48.1 Å². The standard InChI is InChI=1S/C24H15ClN4OS/c25-18-7-1-5-16(10-18)23(30)29-19-8-2-4-15(11-19)22-21-20(17-6-3-9-26-12-17)13-31-24(21)28-14-27-22/h1-14H,(H,29,30). The minimum Gasteiger partial charge on any atom is -0.322 e. The lowest BCUT2D eigenvalue weighted by Crippen LogP contribution is -2.11. The summed E-state index contributed by atoms with van der Waals surface area (Å²) in [5.41, 5.74) is 4.92. The van der Waals surface area contributed by atoms with Crippen LogP contribution in [0.25, 0.3) is 32.6 Å². The molecule has 5 nitrogen and oxygen atoms in total. The molecule has 31 heavy (non-hydrogen) atoms. The number of benzene rings is 2. The van der Waals surface area contributed by atoms with Gasteiger partial charge in [0.1, 0.15) is 11.2 Å². The van der Waals surface area contributed by atoms with E-state index in [0.717, 1.165) is 32.6 Å². The van der Waals surface area contributed by atoms with Gasteiger partial charge in [-0.1, -0.05) is 35.9 Å². The topological polar surface area (TPSA) is 67.8 Å². The number of hydrogen-bond donors (Lipinski definition) is 1.